The van der Waals surface area contributed by atoms with Gasteiger partial charge >= 0.3 is 0 Å². The summed E-state index contributed by atoms with van der Waals surface area (Å²) in [6, 6.07) is 12.6. The van der Waals surface area contributed by atoms with Gasteiger partial charge in [-0.3, -0.25) is 4.98 Å². The fourth-order valence-electron chi connectivity index (χ4n) is 2.22. The molecule has 1 atom stereocenters. The van der Waals surface area contributed by atoms with Crippen LogP contribution in [0.4, 0.5) is 0 Å². The van der Waals surface area contributed by atoms with E-state index in [1.807, 2.05) is 18.2 Å². The van der Waals surface area contributed by atoms with Crippen LogP contribution in [0.5, 0.6) is 5.75 Å². The maximum Gasteiger partial charge on any atom is 0.130 e. The van der Waals surface area contributed by atoms with E-state index in [1.165, 1.54) is 5.56 Å². The SMILES string of the molecule is CCCNC(C)c1ccc(OCc2ccccn2)c(C)c1. The van der Waals surface area contributed by atoms with Crippen molar-refractivity contribution in [2.45, 2.75) is 39.8 Å². The molecule has 0 aliphatic carbocycles. The zero-order chi connectivity index (χ0) is 15.1. The Balaban J connectivity index is 1.99. The first-order valence-electron chi connectivity index (χ1n) is 7.57. The summed E-state index contributed by atoms with van der Waals surface area (Å²) in [5.41, 5.74) is 3.40. The Hall–Kier alpha value is -1.87. The van der Waals surface area contributed by atoms with Crippen molar-refractivity contribution < 1.29 is 4.74 Å². The Bertz CT molecular complexity index is 554. The molecule has 0 aliphatic rings. The van der Waals surface area contributed by atoms with Crippen molar-refractivity contribution in [3.63, 3.8) is 0 Å². The van der Waals surface area contributed by atoms with Crippen molar-refractivity contribution in [3.8, 4) is 5.75 Å². The molecule has 112 valence electrons. The molecule has 0 fully saturated rings. The van der Waals surface area contributed by atoms with Crippen LogP contribution in [0, 0.1) is 6.92 Å². The number of hydrogen-bond donors (Lipinski definition) is 1. The summed E-state index contributed by atoms with van der Waals surface area (Å²) in [5.74, 6) is 0.923. The number of aryl methyl sites for hydroxylation is 1. The highest BCUT2D eigenvalue weighted by atomic mass is 16.5. The molecular formula is C18H24N2O. The average Bonchev–Trinajstić information content (AvgIpc) is 2.52. The van der Waals surface area contributed by atoms with Gasteiger partial charge in [-0.05, 0) is 56.1 Å². The molecule has 0 saturated heterocycles. The van der Waals surface area contributed by atoms with Gasteiger partial charge in [-0.15, -0.1) is 0 Å². The standard InChI is InChI=1S/C18H24N2O/c1-4-10-19-15(3)16-8-9-18(14(2)12-16)21-13-17-7-5-6-11-20-17/h5-9,11-12,15,19H,4,10,13H2,1-3H3. The maximum absolute atomic E-state index is 5.86. The lowest BCUT2D eigenvalue weighted by molar-refractivity contribution is 0.299. The first-order valence-corrected chi connectivity index (χ1v) is 7.57. The van der Waals surface area contributed by atoms with Gasteiger partial charge in [0.15, 0.2) is 0 Å². The minimum atomic E-state index is 0.369. The second-order valence-corrected chi connectivity index (χ2v) is 5.31. The number of aromatic nitrogens is 1. The van der Waals surface area contributed by atoms with E-state index < -0.39 is 0 Å². The fourth-order valence-corrected chi connectivity index (χ4v) is 2.22. The van der Waals surface area contributed by atoms with Crippen molar-refractivity contribution in [2.24, 2.45) is 0 Å². The number of nitrogens with zero attached hydrogens (tertiary/aromatic N) is 1. The average molecular weight is 284 g/mol. The Morgan fingerprint density at radius 3 is 2.76 bits per heavy atom. The van der Waals surface area contributed by atoms with Gasteiger partial charge in [0.05, 0.1) is 5.69 Å². The highest BCUT2D eigenvalue weighted by Crippen LogP contribution is 2.23. The summed E-state index contributed by atoms with van der Waals surface area (Å²) >= 11 is 0. The van der Waals surface area contributed by atoms with Crippen molar-refractivity contribution in [1.82, 2.24) is 10.3 Å². The van der Waals surface area contributed by atoms with E-state index in [-0.39, 0.29) is 0 Å². The minimum absolute atomic E-state index is 0.369. The molecular weight excluding hydrogens is 260 g/mol. The second-order valence-electron chi connectivity index (χ2n) is 5.31. The van der Waals surface area contributed by atoms with Gasteiger partial charge in [0.25, 0.3) is 0 Å². The highest BCUT2D eigenvalue weighted by Gasteiger charge is 2.07. The van der Waals surface area contributed by atoms with Crippen molar-refractivity contribution >= 4 is 0 Å². The van der Waals surface area contributed by atoms with E-state index in [4.69, 9.17) is 4.74 Å². The van der Waals surface area contributed by atoms with Gasteiger partial charge in [0, 0.05) is 12.2 Å². The molecule has 3 heteroatoms. The summed E-state index contributed by atoms with van der Waals surface area (Å²) in [4.78, 5) is 4.27. The first-order chi connectivity index (χ1) is 10.2. The Labute approximate surface area is 127 Å². The molecule has 0 spiro atoms. The number of pyridine rings is 1. The molecule has 0 bridgehead atoms. The monoisotopic (exact) mass is 284 g/mol. The van der Waals surface area contributed by atoms with Crippen LogP contribution < -0.4 is 10.1 Å². The van der Waals surface area contributed by atoms with E-state index in [9.17, 15) is 0 Å². The topological polar surface area (TPSA) is 34.1 Å². The molecule has 1 aromatic carbocycles. The molecule has 0 saturated carbocycles. The van der Waals surface area contributed by atoms with Crippen LogP contribution in [0.25, 0.3) is 0 Å². The van der Waals surface area contributed by atoms with Gasteiger partial charge in [0.1, 0.15) is 12.4 Å². The van der Waals surface area contributed by atoms with E-state index in [2.05, 4.69) is 49.3 Å². The number of rotatable bonds is 7. The van der Waals surface area contributed by atoms with Gasteiger partial charge in [-0.2, -0.15) is 0 Å². The second kappa shape index (κ2) is 7.79. The van der Waals surface area contributed by atoms with Gasteiger partial charge in [0.2, 0.25) is 0 Å². The molecule has 0 radical (unpaired) electrons. The van der Waals surface area contributed by atoms with E-state index in [1.54, 1.807) is 6.20 Å². The summed E-state index contributed by atoms with van der Waals surface area (Å²) in [6.07, 6.45) is 2.93. The fraction of sp³-hybridized carbons (Fsp3) is 0.389. The van der Waals surface area contributed by atoms with E-state index in [0.717, 1.165) is 30.0 Å². The molecule has 0 amide bonds. The quantitative estimate of drug-likeness (QED) is 0.833. The number of ether oxygens (including phenoxy) is 1. The highest BCUT2D eigenvalue weighted by molar-refractivity contribution is 5.37. The molecule has 0 aliphatic heterocycles. The molecule has 1 heterocycles. The zero-order valence-corrected chi connectivity index (χ0v) is 13.1. The molecule has 1 unspecified atom stereocenters. The smallest absolute Gasteiger partial charge is 0.130 e. The molecule has 21 heavy (non-hydrogen) atoms. The van der Waals surface area contributed by atoms with Crippen molar-refractivity contribution in [2.75, 3.05) is 6.54 Å². The third-order valence-electron chi connectivity index (χ3n) is 3.50. The Kier molecular flexibility index (Phi) is 5.76. The molecule has 2 rings (SSSR count). The molecule has 2 aromatic rings. The minimum Gasteiger partial charge on any atom is -0.487 e. The van der Waals surface area contributed by atoms with Crippen LogP contribution in [0.2, 0.25) is 0 Å². The Morgan fingerprint density at radius 2 is 2.10 bits per heavy atom. The maximum atomic E-state index is 5.86. The van der Waals surface area contributed by atoms with Gasteiger partial charge < -0.3 is 10.1 Å². The first kappa shape index (κ1) is 15.5. The number of hydrogen-bond acceptors (Lipinski definition) is 3. The van der Waals surface area contributed by atoms with E-state index in [0.29, 0.717) is 12.6 Å². The lowest BCUT2D eigenvalue weighted by Crippen LogP contribution is -2.19. The van der Waals surface area contributed by atoms with Crippen LogP contribution in [0.15, 0.2) is 42.6 Å². The largest absolute Gasteiger partial charge is 0.487 e. The normalized spacial score (nSPS) is 12.1. The predicted molar refractivity (Wildman–Crippen MR) is 86.5 cm³/mol. The predicted octanol–water partition coefficient (Wildman–Crippen LogP) is 4.03. The zero-order valence-electron chi connectivity index (χ0n) is 13.1. The van der Waals surface area contributed by atoms with Crippen LogP contribution in [-0.4, -0.2) is 11.5 Å². The lowest BCUT2D eigenvalue weighted by Gasteiger charge is -2.16. The molecule has 3 nitrogen and oxygen atoms in total. The number of nitrogens with one attached hydrogen (secondary N) is 1. The summed E-state index contributed by atoms with van der Waals surface area (Å²) in [7, 11) is 0. The summed E-state index contributed by atoms with van der Waals surface area (Å²) in [5, 5.41) is 3.50. The van der Waals surface area contributed by atoms with Gasteiger partial charge in [-0.1, -0.05) is 25.1 Å². The van der Waals surface area contributed by atoms with Crippen LogP contribution in [0.3, 0.4) is 0 Å². The summed E-state index contributed by atoms with van der Waals surface area (Å²) < 4.78 is 5.86. The van der Waals surface area contributed by atoms with Crippen LogP contribution >= 0.6 is 0 Å². The van der Waals surface area contributed by atoms with Crippen molar-refractivity contribution in [3.05, 3.63) is 59.4 Å². The Morgan fingerprint density at radius 1 is 1.24 bits per heavy atom. The molecule has 1 N–H and O–H groups in total. The third kappa shape index (κ3) is 4.57. The van der Waals surface area contributed by atoms with Gasteiger partial charge in [-0.25, -0.2) is 0 Å². The third-order valence-corrected chi connectivity index (χ3v) is 3.50. The van der Waals surface area contributed by atoms with E-state index >= 15 is 0 Å². The molecule has 1 aromatic heterocycles. The summed E-state index contributed by atoms with van der Waals surface area (Å²) in [6.45, 7) is 8.00. The van der Waals surface area contributed by atoms with Crippen molar-refractivity contribution in [1.29, 1.82) is 0 Å². The van der Waals surface area contributed by atoms with Crippen LogP contribution in [0.1, 0.15) is 43.1 Å². The lowest BCUT2D eigenvalue weighted by atomic mass is 10.0. The number of benzene rings is 1. The van der Waals surface area contributed by atoms with Crippen LogP contribution in [-0.2, 0) is 6.61 Å².